The zero-order valence-corrected chi connectivity index (χ0v) is 16.2. The molecule has 0 atom stereocenters. The van der Waals surface area contributed by atoms with Crippen LogP contribution in [0.1, 0.15) is 22.8 Å². The first kappa shape index (κ1) is 21.5. The van der Waals surface area contributed by atoms with E-state index in [1.807, 2.05) is 0 Å². The number of carbonyl (C=O) groups excluding carboxylic acids is 1. The molecule has 0 amide bonds. The molecule has 13 nitrogen and oxygen atoms in total. The Kier molecular flexibility index (Phi) is 6.28. The molecule has 0 spiro atoms. The summed E-state index contributed by atoms with van der Waals surface area (Å²) in [6.45, 7) is 1.57. The van der Waals surface area contributed by atoms with Gasteiger partial charge in [-0.05, 0) is 24.6 Å². The molecule has 0 aliphatic carbocycles. The number of nitrogens with one attached hydrogen (secondary N) is 1. The lowest BCUT2D eigenvalue weighted by Gasteiger charge is -2.15. The Morgan fingerprint density at radius 2 is 2.07 bits per heavy atom. The number of hydrazone groups is 1. The van der Waals surface area contributed by atoms with Crippen molar-refractivity contribution >= 4 is 33.9 Å². The first-order chi connectivity index (χ1) is 13.6. The molecule has 1 aromatic heterocycles. The van der Waals surface area contributed by atoms with Gasteiger partial charge >= 0.3 is 16.0 Å². The number of non-ortho nitro benzene ring substituents is 1. The third-order valence-electron chi connectivity index (χ3n) is 3.38. The van der Waals surface area contributed by atoms with Crippen LogP contribution in [0.15, 0.2) is 40.6 Å². The lowest BCUT2D eigenvalue weighted by molar-refractivity contribution is -0.384. The Bertz CT molecular complexity index is 1080. The SMILES string of the molecule is CCOC(=O)c1cn(C)nc1S(=O)(=O)N(/N=C/c1ccc([N+](=O)[O-])cc1)C(=N)N. The summed E-state index contributed by atoms with van der Waals surface area (Å²) >= 11 is 0. The van der Waals surface area contributed by atoms with Crippen LogP contribution in [0, 0.1) is 15.5 Å². The summed E-state index contributed by atoms with van der Waals surface area (Å²) in [6, 6.07) is 5.06. The number of nitrogens with zero attached hydrogens (tertiary/aromatic N) is 5. The van der Waals surface area contributed by atoms with Crippen molar-refractivity contribution in [3.8, 4) is 0 Å². The number of aromatic nitrogens is 2. The molecule has 3 N–H and O–H groups in total. The number of nitro benzene ring substituents is 1. The Morgan fingerprint density at radius 1 is 1.45 bits per heavy atom. The number of rotatable bonds is 7. The van der Waals surface area contributed by atoms with Gasteiger partial charge in [-0.1, -0.05) is 0 Å². The second-order valence-electron chi connectivity index (χ2n) is 5.47. The Balaban J connectivity index is 2.43. The highest BCUT2D eigenvalue weighted by atomic mass is 32.2. The van der Waals surface area contributed by atoms with Gasteiger partial charge in [0.2, 0.25) is 11.0 Å². The smallest absolute Gasteiger partial charge is 0.342 e. The summed E-state index contributed by atoms with van der Waals surface area (Å²) in [6.07, 6.45) is 2.19. The molecular weight excluding hydrogens is 406 g/mol. The van der Waals surface area contributed by atoms with Gasteiger partial charge in [-0.25, -0.2) is 4.79 Å². The zero-order chi connectivity index (χ0) is 21.8. The fourth-order valence-corrected chi connectivity index (χ4v) is 3.38. The minimum absolute atomic E-state index is 0.0158. The Morgan fingerprint density at radius 3 is 2.59 bits per heavy atom. The van der Waals surface area contributed by atoms with Crippen LogP contribution >= 0.6 is 0 Å². The fourth-order valence-electron chi connectivity index (χ4n) is 2.14. The topological polar surface area (TPSA) is 187 Å². The molecule has 2 aromatic rings. The highest BCUT2D eigenvalue weighted by molar-refractivity contribution is 7.89. The maximum atomic E-state index is 12.9. The fraction of sp³-hybridized carbons (Fsp3) is 0.200. The lowest BCUT2D eigenvalue weighted by atomic mass is 10.2. The second-order valence-corrected chi connectivity index (χ2v) is 7.15. The molecule has 0 aliphatic heterocycles. The van der Waals surface area contributed by atoms with E-state index < -0.39 is 31.9 Å². The van der Waals surface area contributed by atoms with Gasteiger partial charge in [-0.15, -0.1) is 4.41 Å². The van der Waals surface area contributed by atoms with Crippen LogP contribution in [0.5, 0.6) is 0 Å². The van der Waals surface area contributed by atoms with Crippen molar-refractivity contribution in [2.75, 3.05) is 6.61 Å². The number of nitro groups is 1. The third kappa shape index (κ3) is 4.73. The van der Waals surface area contributed by atoms with E-state index in [4.69, 9.17) is 15.9 Å². The van der Waals surface area contributed by atoms with Crippen LogP contribution in [0.3, 0.4) is 0 Å². The summed E-state index contributed by atoms with van der Waals surface area (Å²) in [4.78, 5) is 22.1. The van der Waals surface area contributed by atoms with Crippen LogP contribution in [-0.4, -0.2) is 52.3 Å². The number of hydrogen-bond acceptors (Lipinski definition) is 9. The highest BCUT2D eigenvalue weighted by Gasteiger charge is 2.34. The molecule has 0 radical (unpaired) electrons. The molecule has 14 heteroatoms. The number of benzene rings is 1. The number of nitrogens with two attached hydrogens (primary N) is 1. The quantitative estimate of drug-likeness (QED) is 0.211. The van der Waals surface area contributed by atoms with E-state index in [0.29, 0.717) is 5.56 Å². The maximum Gasteiger partial charge on any atom is 0.342 e. The standard InChI is InChI=1S/C15H17N7O6S/c1-3-28-14(23)12-9-20(2)19-13(12)29(26,27)21(15(16)17)18-8-10-4-6-11(7-5-10)22(24)25/h4-9H,3H2,1-2H3,(H3,16,17)/b18-8+. The first-order valence-electron chi connectivity index (χ1n) is 7.96. The van der Waals surface area contributed by atoms with Crippen molar-refractivity contribution < 1.29 is 22.9 Å². The molecule has 0 unspecified atom stereocenters. The number of carbonyl (C=O) groups is 1. The van der Waals surface area contributed by atoms with Gasteiger partial charge in [0.1, 0.15) is 5.56 Å². The molecule has 154 valence electrons. The van der Waals surface area contributed by atoms with Crippen molar-refractivity contribution in [2.45, 2.75) is 11.9 Å². The highest BCUT2D eigenvalue weighted by Crippen LogP contribution is 2.20. The third-order valence-corrected chi connectivity index (χ3v) is 4.92. The van der Waals surface area contributed by atoms with Crippen LogP contribution < -0.4 is 5.73 Å². The van der Waals surface area contributed by atoms with E-state index >= 15 is 0 Å². The second kappa shape index (κ2) is 8.47. The van der Waals surface area contributed by atoms with Gasteiger partial charge in [-0.3, -0.25) is 20.2 Å². The van der Waals surface area contributed by atoms with Gasteiger partial charge < -0.3 is 10.5 Å². The average molecular weight is 423 g/mol. The summed E-state index contributed by atoms with van der Waals surface area (Å²) in [5.41, 5.74) is 5.16. The molecule has 0 saturated heterocycles. The van der Waals surface area contributed by atoms with E-state index in [1.54, 1.807) is 6.92 Å². The molecule has 1 aromatic carbocycles. The molecule has 29 heavy (non-hydrogen) atoms. The average Bonchev–Trinajstić information content (AvgIpc) is 3.05. The summed E-state index contributed by atoms with van der Waals surface area (Å²) in [5.74, 6) is -1.87. The number of ether oxygens (including phenoxy) is 1. The molecular formula is C15H17N7O6S. The van der Waals surface area contributed by atoms with Crippen molar-refractivity contribution in [1.82, 2.24) is 14.2 Å². The number of hydrogen-bond donors (Lipinski definition) is 2. The van der Waals surface area contributed by atoms with E-state index in [2.05, 4.69) is 10.2 Å². The van der Waals surface area contributed by atoms with Gasteiger partial charge in [0.15, 0.2) is 0 Å². The molecule has 0 saturated carbocycles. The Hall–Kier alpha value is -3.81. The number of aryl methyl sites for hydroxylation is 1. The monoisotopic (exact) mass is 423 g/mol. The van der Waals surface area contributed by atoms with E-state index in [9.17, 15) is 23.3 Å². The minimum atomic E-state index is -4.62. The molecule has 2 rings (SSSR count). The van der Waals surface area contributed by atoms with E-state index in [0.717, 1.165) is 17.1 Å². The summed E-state index contributed by atoms with van der Waals surface area (Å²) < 4.78 is 31.9. The van der Waals surface area contributed by atoms with Crippen LogP contribution in [0.2, 0.25) is 0 Å². The van der Waals surface area contributed by atoms with Crippen LogP contribution in [0.4, 0.5) is 5.69 Å². The number of sulfonamides is 1. The van der Waals surface area contributed by atoms with Gasteiger partial charge in [0.05, 0.1) is 17.7 Å². The van der Waals surface area contributed by atoms with Crippen LogP contribution in [0.25, 0.3) is 0 Å². The van der Waals surface area contributed by atoms with E-state index in [-0.39, 0.29) is 22.3 Å². The van der Waals surface area contributed by atoms with Gasteiger partial charge in [0.25, 0.3) is 5.69 Å². The van der Waals surface area contributed by atoms with Crippen molar-refractivity contribution in [3.63, 3.8) is 0 Å². The lowest BCUT2D eigenvalue weighted by Crippen LogP contribution is -2.38. The van der Waals surface area contributed by atoms with Gasteiger partial charge in [-0.2, -0.15) is 18.6 Å². The zero-order valence-electron chi connectivity index (χ0n) is 15.3. The summed E-state index contributed by atoms with van der Waals surface area (Å²) in [5, 5.41) is 25.0. The normalized spacial score (nSPS) is 11.4. The maximum absolute atomic E-state index is 12.9. The Labute approximate surface area is 165 Å². The van der Waals surface area contributed by atoms with Crippen molar-refractivity contribution in [3.05, 3.63) is 51.7 Å². The minimum Gasteiger partial charge on any atom is -0.462 e. The molecule has 1 heterocycles. The molecule has 0 fully saturated rings. The predicted octanol–water partition coefficient (Wildman–Crippen LogP) is 0.423. The molecule has 0 bridgehead atoms. The predicted molar refractivity (Wildman–Crippen MR) is 101 cm³/mol. The molecule has 0 aliphatic rings. The summed E-state index contributed by atoms with van der Waals surface area (Å²) in [7, 11) is -3.22. The number of esters is 1. The van der Waals surface area contributed by atoms with Gasteiger partial charge in [0, 0.05) is 25.4 Å². The first-order valence-corrected chi connectivity index (χ1v) is 9.40. The largest absolute Gasteiger partial charge is 0.462 e. The van der Waals surface area contributed by atoms with Crippen molar-refractivity contribution in [1.29, 1.82) is 5.41 Å². The van der Waals surface area contributed by atoms with Crippen molar-refractivity contribution in [2.24, 2.45) is 17.9 Å². The van der Waals surface area contributed by atoms with E-state index in [1.165, 1.54) is 31.3 Å². The van der Waals surface area contributed by atoms with Crippen LogP contribution in [-0.2, 0) is 21.8 Å². The number of guanidine groups is 1.